The number of fused-ring (bicyclic) bond motifs is 14. The molecule has 0 aliphatic carbocycles. The van der Waals surface area contributed by atoms with E-state index in [-0.39, 0.29) is 40.5 Å². The summed E-state index contributed by atoms with van der Waals surface area (Å²) in [6.07, 6.45) is 0. The fraction of sp³-hybridized carbons (Fsp3) is 0.323. The van der Waals surface area contributed by atoms with Crippen molar-refractivity contribution in [2.75, 3.05) is 4.90 Å². The molecule has 4 aliphatic rings. The largest absolute Gasteiger partial charge is 0.312 e. The third-order valence-corrected chi connectivity index (χ3v) is 16.4. The van der Waals surface area contributed by atoms with E-state index < -0.39 is 0 Å². The van der Waals surface area contributed by atoms with Crippen molar-refractivity contribution in [1.29, 1.82) is 0 Å². The van der Waals surface area contributed by atoms with Crippen molar-refractivity contribution in [3.63, 3.8) is 0 Å². The van der Waals surface area contributed by atoms with Gasteiger partial charge >= 0.3 is 0 Å². The van der Waals surface area contributed by atoms with E-state index >= 15 is 0 Å². The molecule has 9 aromatic rings. The van der Waals surface area contributed by atoms with Gasteiger partial charge in [0.15, 0.2) is 0 Å². The van der Waals surface area contributed by atoms with Gasteiger partial charge in [0.1, 0.15) is 0 Å². The third kappa shape index (κ3) is 5.38. The quantitative estimate of drug-likeness (QED) is 0.138. The molecular weight excluding hydrogens is 808 g/mol. The van der Waals surface area contributed by atoms with Crippen LogP contribution in [0.25, 0.3) is 55.0 Å². The summed E-state index contributed by atoms with van der Waals surface area (Å²) in [6, 6.07) is 44.5. The van der Waals surface area contributed by atoms with Gasteiger partial charge in [-0.05, 0) is 148 Å². The molecule has 6 heterocycles. The summed E-state index contributed by atoms with van der Waals surface area (Å²) >= 11 is 0. The molecule has 0 spiro atoms. The summed E-state index contributed by atoms with van der Waals surface area (Å²) in [5.74, 6) is 0. The maximum atomic E-state index is 2.71. The highest BCUT2D eigenvalue weighted by Crippen LogP contribution is 2.47. The summed E-state index contributed by atoms with van der Waals surface area (Å²) in [6.45, 7) is 35.7. The van der Waals surface area contributed by atoms with Crippen LogP contribution >= 0.6 is 0 Å². The number of aromatic nitrogens is 2. The van der Waals surface area contributed by atoms with Gasteiger partial charge in [-0.3, -0.25) is 0 Å². The van der Waals surface area contributed by atoms with Crippen LogP contribution in [0.3, 0.4) is 0 Å². The third-order valence-electron chi connectivity index (χ3n) is 16.4. The predicted molar refractivity (Wildman–Crippen MR) is 293 cm³/mol. The van der Waals surface area contributed by atoms with E-state index in [0.717, 1.165) is 0 Å². The molecule has 332 valence electrons. The second-order valence-electron chi connectivity index (χ2n) is 25.9. The van der Waals surface area contributed by atoms with Gasteiger partial charge in [-0.15, -0.1) is 0 Å². The minimum Gasteiger partial charge on any atom is -0.312 e. The molecule has 0 N–H and O–H groups in total. The van der Waals surface area contributed by atoms with E-state index in [4.69, 9.17) is 0 Å². The van der Waals surface area contributed by atoms with Crippen molar-refractivity contribution >= 4 is 107 Å². The number of rotatable bonds is 0. The zero-order valence-corrected chi connectivity index (χ0v) is 42.4. The first kappa shape index (κ1) is 41.3. The Bertz CT molecular complexity index is 3490. The molecule has 0 saturated heterocycles. The number of nitrogens with zero attached hydrogens (tertiary/aromatic N) is 3. The second kappa shape index (κ2) is 12.6. The Morgan fingerprint density at radius 3 is 1.03 bits per heavy atom. The molecule has 2 aromatic heterocycles. The lowest BCUT2D eigenvalue weighted by Crippen LogP contribution is -2.67. The Balaban J connectivity index is 1.20. The smallest absolute Gasteiger partial charge is 0.252 e. The Morgan fingerprint density at radius 2 is 0.657 bits per heavy atom. The van der Waals surface area contributed by atoms with Crippen LogP contribution < -0.4 is 37.7 Å². The van der Waals surface area contributed by atoms with Crippen molar-refractivity contribution in [2.24, 2.45) is 0 Å². The number of hydrogen-bond acceptors (Lipinski definition) is 1. The monoisotopic (exact) mass is 872 g/mol. The topological polar surface area (TPSA) is 13.1 Å². The molecule has 13 rings (SSSR count). The number of benzene rings is 7. The van der Waals surface area contributed by atoms with Crippen molar-refractivity contribution in [3.05, 3.63) is 137 Å². The van der Waals surface area contributed by atoms with Crippen molar-refractivity contribution in [1.82, 2.24) is 9.13 Å². The van der Waals surface area contributed by atoms with E-state index in [0.29, 0.717) is 0 Å². The van der Waals surface area contributed by atoms with Crippen molar-refractivity contribution < 1.29 is 0 Å². The molecule has 4 aliphatic heterocycles. The Morgan fingerprint density at radius 1 is 0.328 bits per heavy atom. The van der Waals surface area contributed by atoms with Gasteiger partial charge in [0.05, 0.1) is 11.0 Å². The minimum absolute atomic E-state index is 0.0330. The average Bonchev–Trinajstić information content (AvgIpc) is 3.76. The predicted octanol–water partition coefficient (Wildman–Crippen LogP) is 12.1. The van der Waals surface area contributed by atoms with E-state index in [1.807, 2.05) is 0 Å². The summed E-state index contributed by atoms with van der Waals surface area (Å²) in [4.78, 5) is 2.71. The van der Waals surface area contributed by atoms with Crippen LogP contribution in [0.1, 0.15) is 132 Å². The minimum atomic E-state index is -0.0824. The lowest BCUT2D eigenvalue weighted by atomic mass is 9.29. The highest BCUT2D eigenvalue weighted by molar-refractivity contribution is 7.04. The zero-order chi connectivity index (χ0) is 47.0. The Hall–Kier alpha value is -5.93. The lowest BCUT2D eigenvalue weighted by molar-refractivity contribution is 0.590. The number of anilines is 3. The Labute approximate surface area is 398 Å². The van der Waals surface area contributed by atoms with Gasteiger partial charge in [0.2, 0.25) is 0 Å². The van der Waals surface area contributed by atoms with E-state index in [1.165, 1.54) is 133 Å². The SMILES string of the molecule is CC(C)(C)c1cc2c3c(c1)B1c4c(cccc4-n4c5ccc(C(C)(C)C)cc5c5cc(C(C)(C)C)cc1c54)N3c1cccc3c1B2c1cc(C(C)(C)C)cc2c4cc(C(C)(C)C)ccc4n-3c12. The second-order valence-corrected chi connectivity index (χ2v) is 25.9. The standard InChI is InChI=1S/C62H63B2N3/c1-58(2,3)34-22-24-47-39(26-34)41-28-36(60(7,8)9)30-43-55(41)65(47)49-18-16-20-51-53(49)63(43)45-32-38(62(13,14)15)33-46-57(45)67(51)52-21-17-19-50-54(52)64(46)44-31-37(61(10,11)12)29-42-40-27-35(59(4,5)6)23-25-48(40)66(50)56(42)44/h16-33H,1-15H3. The van der Waals surface area contributed by atoms with Crippen LogP contribution in [0.4, 0.5) is 17.1 Å². The van der Waals surface area contributed by atoms with E-state index in [9.17, 15) is 0 Å². The van der Waals surface area contributed by atoms with Gasteiger partial charge < -0.3 is 14.0 Å². The summed E-state index contributed by atoms with van der Waals surface area (Å²) in [5.41, 5.74) is 27.3. The normalized spacial score (nSPS) is 15.0. The molecule has 0 bridgehead atoms. The molecule has 0 fully saturated rings. The first-order chi connectivity index (χ1) is 31.4. The van der Waals surface area contributed by atoms with Gasteiger partial charge in [-0.1, -0.05) is 152 Å². The molecule has 5 heteroatoms. The molecule has 0 atom stereocenters. The molecular formula is C62H63B2N3. The van der Waals surface area contributed by atoms with Gasteiger partial charge in [0.25, 0.3) is 13.4 Å². The average molecular weight is 872 g/mol. The fourth-order valence-corrected chi connectivity index (χ4v) is 12.7. The van der Waals surface area contributed by atoms with Gasteiger partial charge in [-0.2, -0.15) is 0 Å². The van der Waals surface area contributed by atoms with Gasteiger partial charge in [0, 0.05) is 61.0 Å². The van der Waals surface area contributed by atoms with Crippen molar-refractivity contribution in [2.45, 2.75) is 131 Å². The van der Waals surface area contributed by atoms with Crippen LogP contribution in [0.5, 0.6) is 0 Å². The molecule has 3 nitrogen and oxygen atoms in total. The van der Waals surface area contributed by atoms with E-state index in [2.05, 4.69) is 227 Å². The highest BCUT2D eigenvalue weighted by atomic mass is 15.2. The first-order valence-electron chi connectivity index (χ1n) is 24.9. The molecule has 67 heavy (non-hydrogen) atoms. The highest BCUT2D eigenvalue weighted by Gasteiger charge is 2.50. The molecule has 0 radical (unpaired) electrons. The van der Waals surface area contributed by atoms with Crippen LogP contribution in [-0.2, 0) is 27.1 Å². The first-order valence-corrected chi connectivity index (χ1v) is 24.9. The lowest BCUT2D eigenvalue weighted by Gasteiger charge is -2.47. The zero-order valence-electron chi connectivity index (χ0n) is 42.4. The van der Waals surface area contributed by atoms with Crippen molar-refractivity contribution in [3.8, 4) is 11.4 Å². The molecule has 0 unspecified atom stereocenters. The summed E-state index contributed by atoms with van der Waals surface area (Å²) in [5, 5.41) is 5.44. The maximum Gasteiger partial charge on any atom is 0.252 e. The fourth-order valence-electron chi connectivity index (χ4n) is 12.7. The van der Waals surface area contributed by atoms with E-state index in [1.54, 1.807) is 0 Å². The van der Waals surface area contributed by atoms with Crippen LogP contribution in [0, 0.1) is 0 Å². The van der Waals surface area contributed by atoms with Gasteiger partial charge in [-0.25, -0.2) is 0 Å². The summed E-state index contributed by atoms with van der Waals surface area (Å²) in [7, 11) is 0. The van der Waals surface area contributed by atoms with Crippen LogP contribution in [-0.4, -0.2) is 22.6 Å². The molecule has 0 saturated carbocycles. The van der Waals surface area contributed by atoms with Crippen LogP contribution in [0.2, 0.25) is 0 Å². The maximum absolute atomic E-state index is 2.71. The number of hydrogen-bond donors (Lipinski definition) is 0. The molecule has 7 aromatic carbocycles. The summed E-state index contributed by atoms with van der Waals surface area (Å²) < 4.78 is 5.28. The molecule has 0 amide bonds. The Kier molecular flexibility index (Phi) is 7.75. The van der Waals surface area contributed by atoms with Crippen LogP contribution in [0.15, 0.2) is 109 Å².